The summed E-state index contributed by atoms with van der Waals surface area (Å²) in [6.07, 6.45) is 12.2. The van der Waals surface area contributed by atoms with Gasteiger partial charge in [0.2, 0.25) is 0 Å². The van der Waals surface area contributed by atoms with Gasteiger partial charge in [0.15, 0.2) is 5.78 Å². The summed E-state index contributed by atoms with van der Waals surface area (Å²) in [5, 5.41) is 10.9. The van der Waals surface area contributed by atoms with Gasteiger partial charge in [-0.1, -0.05) is 54.0 Å². The molecule has 33 heavy (non-hydrogen) atoms. The van der Waals surface area contributed by atoms with Crippen molar-refractivity contribution in [2.45, 2.75) is 112 Å². The normalized spacial score (nSPS) is 55.4. The molecule has 5 aliphatic carbocycles. The third-order valence-corrected chi connectivity index (χ3v) is 12.9. The van der Waals surface area contributed by atoms with Crippen molar-refractivity contribution in [3.8, 4) is 0 Å². The molecule has 5 rings (SSSR count). The predicted molar refractivity (Wildman–Crippen MR) is 131 cm³/mol. The van der Waals surface area contributed by atoms with Gasteiger partial charge in [-0.25, -0.2) is 0 Å². The molecule has 0 saturated heterocycles. The molecule has 0 aromatic rings. The zero-order chi connectivity index (χ0) is 24.2. The molecule has 1 N–H and O–H groups in total. The summed E-state index contributed by atoms with van der Waals surface area (Å²) in [5.41, 5.74) is 1.04. The topological polar surface area (TPSA) is 54.4 Å². The van der Waals surface area contributed by atoms with E-state index in [4.69, 9.17) is 0 Å². The molecular weight excluding hydrogens is 408 g/mol. The Labute approximate surface area is 201 Å². The first-order chi connectivity index (χ1) is 15.2. The average molecular weight is 455 g/mol. The molecule has 0 spiro atoms. The maximum atomic E-state index is 14.2. The molecule has 4 saturated carbocycles. The van der Waals surface area contributed by atoms with E-state index < -0.39 is 0 Å². The molecule has 0 radical (unpaired) electrons. The van der Waals surface area contributed by atoms with Crippen LogP contribution in [0.15, 0.2) is 11.6 Å². The molecular formula is C30H46O3. The largest absolute Gasteiger partial charge is 0.393 e. The van der Waals surface area contributed by atoms with Crippen molar-refractivity contribution in [2.24, 2.45) is 50.2 Å². The first-order valence-electron chi connectivity index (χ1n) is 13.6. The highest BCUT2D eigenvalue weighted by molar-refractivity contribution is 5.95. The highest BCUT2D eigenvalue weighted by Crippen LogP contribution is 2.75. The number of carbonyl (C=O) groups excluding carboxylic acids is 2. The predicted octanol–water partition coefficient (Wildman–Crippen LogP) is 6.53. The lowest BCUT2D eigenvalue weighted by Gasteiger charge is -2.70. The number of aliphatic hydroxyl groups excluding tert-OH is 1. The Morgan fingerprint density at radius 2 is 1.58 bits per heavy atom. The van der Waals surface area contributed by atoms with Crippen molar-refractivity contribution < 1.29 is 14.7 Å². The molecule has 3 unspecified atom stereocenters. The minimum absolute atomic E-state index is 0.00503. The van der Waals surface area contributed by atoms with Gasteiger partial charge in [-0.15, -0.1) is 0 Å². The first-order valence-corrected chi connectivity index (χ1v) is 13.6. The van der Waals surface area contributed by atoms with Crippen LogP contribution < -0.4 is 0 Å². The van der Waals surface area contributed by atoms with Crippen LogP contribution in [0.25, 0.3) is 0 Å². The molecule has 0 aliphatic heterocycles. The number of carbonyl (C=O) groups is 2. The van der Waals surface area contributed by atoms with Crippen LogP contribution in [-0.2, 0) is 9.59 Å². The van der Waals surface area contributed by atoms with E-state index in [0.717, 1.165) is 51.4 Å². The Kier molecular flexibility index (Phi) is 4.92. The van der Waals surface area contributed by atoms with E-state index in [0.29, 0.717) is 17.6 Å². The number of aldehydes is 1. The summed E-state index contributed by atoms with van der Waals surface area (Å²) in [5.74, 6) is 1.06. The van der Waals surface area contributed by atoms with Gasteiger partial charge in [-0.3, -0.25) is 4.79 Å². The van der Waals surface area contributed by atoms with Crippen LogP contribution in [0.3, 0.4) is 0 Å². The SMILES string of the molecule is CC1(C)C2CC[C@]3(C)C(C(=O)C=C4C5C[C@@](C)(C=O)CC[C@]5(C)CC[C@]43C)[C@@]2(C)CC[C@@H]1O. The number of aliphatic hydroxyl groups is 1. The van der Waals surface area contributed by atoms with E-state index in [1.165, 1.54) is 18.3 Å². The lowest BCUT2D eigenvalue weighted by molar-refractivity contribution is -0.202. The molecule has 4 fully saturated rings. The van der Waals surface area contributed by atoms with Gasteiger partial charge in [-0.2, -0.15) is 0 Å². The molecule has 3 heteroatoms. The summed E-state index contributed by atoms with van der Waals surface area (Å²) >= 11 is 0. The fourth-order valence-electron chi connectivity index (χ4n) is 10.3. The Bertz CT molecular complexity index is 918. The van der Waals surface area contributed by atoms with Gasteiger partial charge >= 0.3 is 0 Å². The van der Waals surface area contributed by atoms with Crippen LogP contribution in [0.2, 0.25) is 0 Å². The number of ketones is 1. The maximum Gasteiger partial charge on any atom is 0.159 e. The molecule has 0 aromatic heterocycles. The van der Waals surface area contributed by atoms with Crippen LogP contribution in [0, 0.1) is 50.2 Å². The van der Waals surface area contributed by atoms with Crippen molar-refractivity contribution in [2.75, 3.05) is 0 Å². The van der Waals surface area contributed by atoms with E-state index in [1.807, 2.05) is 0 Å². The van der Waals surface area contributed by atoms with E-state index in [1.54, 1.807) is 0 Å². The quantitative estimate of drug-likeness (QED) is 0.458. The van der Waals surface area contributed by atoms with Crippen LogP contribution in [0.1, 0.15) is 106 Å². The summed E-state index contributed by atoms with van der Waals surface area (Å²) in [6, 6.07) is 0. The van der Waals surface area contributed by atoms with E-state index in [-0.39, 0.29) is 44.5 Å². The van der Waals surface area contributed by atoms with Crippen LogP contribution >= 0.6 is 0 Å². The molecule has 0 amide bonds. The van der Waals surface area contributed by atoms with Gasteiger partial charge in [0.1, 0.15) is 6.29 Å². The average Bonchev–Trinajstić information content (AvgIpc) is 2.74. The summed E-state index contributed by atoms with van der Waals surface area (Å²) in [4.78, 5) is 26.2. The number of hydrogen-bond acceptors (Lipinski definition) is 3. The number of hydrogen-bond donors (Lipinski definition) is 1. The molecule has 3 nitrogen and oxygen atoms in total. The Hall–Kier alpha value is -0.960. The first kappa shape index (κ1) is 23.8. The van der Waals surface area contributed by atoms with Crippen LogP contribution in [0.4, 0.5) is 0 Å². The lowest BCUT2D eigenvalue weighted by atomic mass is 9.33. The van der Waals surface area contributed by atoms with Gasteiger partial charge < -0.3 is 9.90 Å². The van der Waals surface area contributed by atoms with Crippen LogP contribution in [0.5, 0.6) is 0 Å². The van der Waals surface area contributed by atoms with Crippen molar-refractivity contribution >= 4 is 12.1 Å². The van der Waals surface area contributed by atoms with Gasteiger partial charge in [0.05, 0.1) is 6.10 Å². The fraction of sp³-hybridized carbons (Fsp3) is 0.867. The standard InChI is InChI=1S/C30H46O3/c1-25(2)22-8-11-30(7)24(28(22,5)10-9-23(25)33)21(32)16-19-20-17-26(3,18-31)12-13-27(20,4)14-15-29(19,30)6/h16,18,20,22-24,33H,8-15,17H2,1-7H3/t20?,22?,23-,24?,26-,27+,28-,29+,30+/m0/s1. The van der Waals surface area contributed by atoms with E-state index in [9.17, 15) is 14.7 Å². The van der Waals surface area contributed by atoms with Crippen molar-refractivity contribution in [3.63, 3.8) is 0 Å². The van der Waals surface area contributed by atoms with Gasteiger partial charge in [0, 0.05) is 11.3 Å². The second kappa shape index (κ2) is 6.83. The number of fused-ring (bicyclic) bond motifs is 7. The molecule has 184 valence electrons. The summed E-state index contributed by atoms with van der Waals surface area (Å²) in [6.45, 7) is 16.3. The second-order valence-electron chi connectivity index (χ2n) is 14.8. The highest BCUT2D eigenvalue weighted by Gasteiger charge is 2.70. The Morgan fingerprint density at radius 3 is 2.24 bits per heavy atom. The molecule has 5 aliphatic rings. The monoisotopic (exact) mass is 454 g/mol. The third-order valence-electron chi connectivity index (χ3n) is 12.9. The minimum atomic E-state index is -0.279. The fourth-order valence-corrected chi connectivity index (χ4v) is 10.3. The van der Waals surface area contributed by atoms with Gasteiger partial charge in [-0.05, 0) is 103 Å². The second-order valence-corrected chi connectivity index (χ2v) is 14.8. The number of rotatable bonds is 1. The zero-order valence-electron chi connectivity index (χ0n) is 22.1. The zero-order valence-corrected chi connectivity index (χ0v) is 22.1. The summed E-state index contributed by atoms with van der Waals surface area (Å²) < 4.78 is 0. The van der Waals surface area contributed by atoms with Gasteiger partial charge in [0.25, 0.3) is 0 Å². The molecule has 0 heterocycles. The van der Waals surface area contributed by atoms with E-state index in [2.05, 4.69) is 54.5 Å². The molecule has 9 atom stereocenters. The minimum Gasteiger partial charge on any atom is -0.393 e. The highest BCUT2D eigenvalue weighted by atomic mass is 16.3. The Morgan fingerprint density at radius 1 is 0.909 bits per heavy atom. The summed E-state index contributed by atoms with van der Waals surface area (Å²) in [7, 11) is 0. The Balaban J connectivity index is 1.63. The molecule has 0 bridgehead atoms. The third kappa shape index (κ3) is 2.84. The van der Waals surface area contributed by atoms with E-state index >= 15 is 0 Å². The molecule has 0 aromatic carbocycles. The smallest absolute Gasteiger partial charge is 0.159 e. The van der Waals surface area contributed by atoms with Crippen molar-refractivity contribution in [1.29, 1.82) is 0 Å². The van der Waals surface area contributed by atoms with Crippen molar-refractivity contribution in [3.05, 3.63) is 11.6 Å². The van der Waals surface area contributed by atoms with Crippen LogP contribution in [-0.4, -0.2) is 23.3 Å². The maximum absolute atomic E-state index is 14.2. The lowest BCUT2D eigenvalue weighted by Crippen LogP contribution is -2.66. The van der Waals surface area contributed by atoms with Crippen molar-refractivity contribution in [1.82, 2.24) is 0 Å². The number of allylic oxidation sites excluding steroid dienone is 2.